The lowest BCUT2D eigenvalue weighted by molar-refractivity contribution is 0.0986. The van der Waals surface area contributed by atoms with Crippen molar-refractivity contribution in [3.63, 3.8) is 0 Å². The minimum atomic E-state index is -0.560. The van der Waals surface area contributed by atoms with Crippen molar-refractivity contribution in [1.29, 1.82) is 0 Å². The number of carbonyl (C=O) groups is 1. The zero-order valence-corrected chi connectivity index (χ0v) is 14.0. The molecule has 3 rings (SSSR count). The Labute approximate surface area is 141 Å². The number of nitrogens with two attached hydrogens (primary N) is 1. The van der Waals surface area contributed by atoms with Crippen molar-refractivity contribution in [2.45, 2.75) is 18.9 Å². The van der Waals surface area contributed by atoms with Crippen LogP contribution in [0.3, 0.4) is 0 Å². The first-order chi connectivity index (χ1) is 11.5. The predicted octanol–water partition coefficient (Wildman–Crippen LogP) is 3.45. The molecule has 0 spiro atoms. The third-order valence-corrected chi connectivity index (χ3v) is 4.56. The van der Waals surface area contributed by atoms with Gasteiger partial charge in [-0.15, -0.1) is 0 Å². The van der Waals surface area contributed by atoms with E-state index >= 15 is 0 Å². The standard InChI is InChI=1S/C19H22FN3O/c1-22(2)17-8-5-11-23(18-7-4-3-6-14(17)18)19(24)13-9-10-16(21)15(20)12-13/h3-4,6-7,9-10,12,17H,5,8,11,21H2,1-2H3. The Morgan fingerprint density at radius 2 is 2.00 bits per heavy atom. The molecule has 0 fully saturated rings. The van der Waals surface area contributed by atoms with E-state index in [0.29, 0.717) is 12.1 Å². The Morgan fingerprint density at radius 3 is 2.71 bits per heavy atom. The van der Waals surface area contributed by atoms with E-state index < -0.39 is 5.82 Å². The summed E-state index contributed by atoms with van der Waals surface area (Å²) in [5.41, 5.74) is 7.91. The summed E-state index contributed by atoms with van der Waals surface area (Å²) in [4.78, 5) is 16.9. The van der Waals surface area contributed by atoms with Gasteiger partial charge in [0.05, 0.1) is 5.69 Å². The molecule has 126 valence electrons. The molecule has 1 unspecified atom stereocenters. The summed E-state index contributed by atoms with van der Waals surface area (Å²) < 4.78 is 13.7. The molecule has 0 radical (unpaired) electrons. The highest BCUT2D eigenvalue weighted by Crippen LogP contribution is 2.36. The van der Waals surface area contributed by atoms with Gasteiger partial charge in [-0.2, -0.15) is 0 Å². The van der Waals surface area contributed by atoms with Gasteiger partial charge in [-0.1, -0.05) is 18.2 Å². The second kappa shape index (κ2) is 6.61. The first-order valence-corrected chi connectivity index (χ1v) is 8.11. The van der Waals surface area contributed by atoms with Crippen LogP contribution in [0.5, 0.6) is 0 Å². The normalized spacial score (nSPS) is 17.5. The zero-order valence-electron chi connectivity index (χ0n) is 14.0. The summed E-state index contributed by atoms with van der Waals surface area (Å²) in [6.07, 6.45) is 1.87. The van der Waals surface area contributed by atoms with E-state index in [-0.39, 0.29) is 17.6 Å². The maximum Gasteiger partial charge on any atom is 0.258 e. The molecule has 2 aromatic rings. The fourth-order valence-corrected chi connectivity index (χ4v) is 3.30. The number of fused-ring (bicyclic) bond motifs is 1. The molecule has 2 N–H and O–H groups in total. The maximum absolute atomic E-state index is 13.7. The van der Waals surface area contributed by atoms with Crippen molar-refractivity contribution in [3.05, 3.63) is 59.4 Å². The van der Waals surface area contributed by atoms with E-state index in [4.69, 9.17) is 5.73 Å². The fourth-order valence-electron chi connectivity index (χ4n) is 3.30. The highest BCUT2D eigenvalue weighted by Gasteiger charge is 2.28. The van der Waals surface area contributed by atoms with Gasteiger partial charge in [-0.25, -0.2) is 4.39 Å². The molecule has 1 amide bonds. The largest absolute Gasteiger partial charge is 0.396 e. The number of benzene rings is 2. The lowest BCUT2D eigenvalue weighted by atomic mass is 10.0. The number of nitrogens with zero attached hydrogens (tertiary/aromatic N) is 2. The smallest absolute Gasteiger partial charge is 0.258 e. The number of nitrogen functional groups attached to an aromatic ring is 1. The monoisotopic (exact) mass is 327 g/mol. The van der Waals surface area contributed by atoms with Crippen LogP contribution in [0.4, 0.5) is 15.8 Å². The van der Waals surface area contributed by atoms with Gasteiger partial charge < -0.3 is 15.5 Å². The van der Waals surface area contributed by atoms with Crippen LogP contribution in [-0.2, 0) is 0 Å². The number of hydrogen-bond acceptors (Lipinski definition) is 3. The SMILES string of the molecule is CN(C)C1CCCN(C(=O)c2ccc(N)c(F)c2)c2ccccc21. The molecule has 4 nitrogen and oxygen atoms in total. The molecule has 1 atom stereocenters. The fraction of sp³-hybridized carbons (Fsp3) is 0.316. The minimum Gasteiger partial charge on any atom is -0.396 e. The number of amides is 1. The summed E-state index contributed by atoms with van der Waals surface area (Å²) in [7, 11) is 4.10. The van der Waals surface area contributed by atoms with Crippen LogP contribution in [0.1, 0.15) is 34.8 Å². The topological polar surface area (TPSA) is 49.6 Å². The maximum atomic E-state index is 13.7. The number of para-hydroxylation sites is 1. The Balaban J connectivity index is 2.02. The predicted molar refractivity (Wildman–Crippen MR) is 94.6 cm³/mol. The van der Waals surface area contributed by atoms with Crippen molar-refractivity contribution in [2.75, 3.05) is 31.3 Å². The van der Waals surface area contributed by atoms with Crippen molar-refractivity contribution in [1.82, 2.24) is 4.90 Å². The molecule has 5 heteroatoms. The first-order valence-electron chi connectivity index (χ1n) is 8.11. The first kappa shape index (κ1) is 16.5. The van der Waals surface area contributed by atoms with Gasteiger partial charge in [0.2, 0.25) is 0 Å². The van der Waals surface area contributed by atoms with Crippen molar-refractivity contribution in [3.8, 4) is 0 Å². The van der Waals surface area contributed by atoms with E-state index in [1.54, 1.807) is 11.0 Å². The Kier molecular flexibility index (Phi) is 4.53. The Morgan fingerprint density at radius 1 is 1.25 bits per heavy atom. The zero-order chi connectivity index (χ0) is 17.3. The summed E-state index contributed by atoms with van der Waals surface area (Å²) >= 11 is 0. The average Bonchev–Trinajstić information content (AvgIpc) is 2.76. The Hall–Kier alpha value is -2.40. The van der Waals surface area contributed by atoms with Crippen LogP contribution in [0.2, 0.25) is 0 Å². The second-order valence-corrected chi connectivity index (χ2v) is 6.37. The molecule has 1 aliphatic rings. The Bertz CT molecular complexity index is 760. The van der Waals surface area contributed by atoms with Gasteiger partial charge in [0, 0.05) is 23.8 Å². The molecule has 0 saturated heterocycles. The van der Waals surface area contributed by atoms with E-state index in [1.807, 2.05) is 32.3 Å². The van der Waals surface area contributed by atoms with Crippen LogP contribution in [0.25, 0.3) is 0 Å². The van der Waals surface area contributed by atoms with E-state index in [9.17, 15) is 9.18 Å². The minimum absolute atomic E-state index is 0.0514. The number of halogens is 1. The van der Waals surface area contributed by atoms with E-state index in [0.717, 1.165) is 24.1 Å². The molecule has 24 heavy (non-hydrogen) atoms. The van der Waals surface area contributed by atoms with E-state index in [1.165, 1.54) is 12.1 Å². The van der Waals surface area contributed by atoms with Crippen molar-refractivity contribution in [2.24, 2.45) is 0 Å². The van der Waals surface area contributed by atoms with Crippen molar-refractivity contribution < 1.29 is 9.18 Å². The van der Waals surface area contributed by atoms with Gasteiger partial charge in [-0.05, 0) is 56.8 Å². The summed E-state index contributed by atoms with van der Waals surface area (Å²) in [5, 5.41) is 0. The van der Waals surface area contributed by atoms with Crippen LogP contribution in [0, 0.1) is 5.82 Å². The third-order valence-electron chi connectivity index (χ3n) is 4.56. The highest BCUT2D eigenvalue weighted by atomic mass is 19.1. The van der Waals surface area contributed by atoms with Crippen LogP contribution in [0.15, 0.2) is 42.5 Å². The third kappa shape index (κ3) is 2.99. The molecule has 1 aliphatic heterocycles. The molecular formula is C19H22FN3O. The molecule has 0 aliphatic carbocycles. The van der Waals surface area contributed by atoms with E-state index in [2.05, 4.69) is 11.0 Å². The lowest BCUT2D eigenvalue weighted by Crippen LogP contribution is -2.32. The summed E-state index contributed by atoms with van der Waals surface area (Å²) in [6.45, 7) is 0.617. The number of rotatable bonds is 2. The average molecular weight is 327 g/mol. The quantitative estimate of drug-likeness (QED) is 0.860. The molecule has 0 bridgehead atoms. The van der Waals surface area contributed by atoms with Crippen LogP contribution >= 0.6 is 0 Å². The molecular weight excluding hydrogens is 305 g/mol. The number of carbonyl (C=O) groups excluding carboxylic acids is 1. The van der Waals surface area contributed by atoms with Crippen LogP contribution < -0.4 is 10.6 Å². The lowest BCUT2D eigenvalue weighted by Gasteiger charge is -2.27. The highest BCUT2D eigenvalue weighted by molar-refractivity contribution is 6.06. The van der Waals surface area contributed by atoms with Crippen LogP contribution in [-0.4, -0.2) is 31.4 Å². The van der Waals surface area contributed by atoms with Gasteiger partial charge >= 0.3 is 0 Å². The van der Waals surface area contributed by atoms with Gasteiger partial charge in [0.25, 0.3) is 5.91 Å². The number of anilines is 2. The number of hydrogen-bond donors (Lipinski definition) is 1. The van der Waals surface area contributed by atoms with Gasteiger partial charge in [-0.3, -0.25) is 4.79 Å². The second-order valence-electron chi connectivity index (χ2n) is 6.37. The van der Waals surface area contributed by atoms with Gasteiger partial charge in [0.1, 0.15) is 5.82 Å². The summed E-state index contributed by atoms with van der Waals surface area (Å²) in [6, 6.07) is 12.5. The van der Waals surface area contributed by atoms with Crippen molar-refractivity contribution >= 4 is 17.3 Å². The molecule has 0 saturated carbocycles. The molecule has 2 aromatic carbocycles. The molecule has 0 aromatic heterocycles. The van der Waals surface area contributed by atoms with Gasteiger partial charge in [0.15, 0.2) is 0 Å². The molecule has 1 heterocycles. The summed E-state index contributed by atoms with van der Waals surface area (Å²) in [5.74, 6) is -0.754.